The molecule has 0 bridgehead atoms. The Hall–Kier alpha value is -1.20. The van der Waals surface area contributed by atoms with Gasteiger partial charge in [0.15, 0.2) is 0 Å². The average molecular weight is 292 g/mol. The van der Waals surface area contributed by atoms with Crippen LogP contribution in [0.15, 0.2) is 12.4 Å². The van der Waals surface area contributed by atoms with Gasteiger partial charge in [-0.25, -0.2) is 4.98 Å². The molecule has 1 aliphatic rings. The summed E-state index contributed by atoms with van der Waals surface area (Å²) in [5.74, 6) is 1.27. The smallest absolute Gasteiger partial charge is 0.232 e. The van der Waals surface area contributed by atoms with E-state index >= 15 is 0 Å². The minimum absolute atomic E-state index is 0.507. The Bertz CT molecular complexity index is 407. The first-order valence-electron chi connectivity index (χ1n) is 8.00. The minimum atomic E-state index is 0.507. The van der Waals surface area contributed by atoms with Crippen molar-refractivity contribution in [2.24, 2.45) is 5.92 Å². The van der Waals surface area contributed by atoms with Gasteiger partial charge in [-0.05, 0) is 38.9 Å². The normalized spacial score (nSPS) is 19.9. The van der Waals surface area contributed by atoms with E-state index in [0.717, 1.165) is 18.8 Å². The van der Waals surface area contributed by atoms with Crippen LogP contribution in [0.1, 0.15) is 38.8 Å². The zero-order valence-electron chi connectivity index (χ0n) is 13.5. The summed E-state index contributed by atoms with van der Waals surface area (Å²) in [5.41, 5.74) is 0.956. The molecule has 1 aromatic rings. The molecule has 1 unspecified atom stereocenters. The molecule has 118 valence electrons. The number of ether oxygens (including phenoxy) is 1. The van der Waals surface area contributed by atoms with E-state index in [0.29, 0.717) is 24.4 Å². The van der Waals surface area contributed by atoms with Crippen molar-refractivity contribution in [1.82, 2.24) is 20.2 Å². The van der Waals surface area contributed by atoms with E-state index in [1.807, 2.05) is 0 Å². The van der Waals surface area contributed by atoms with Gasteiger partial charge >= 0.3 is 0 Å². The molecule has 2 heterocycles. The minimum Gasteiger partial charge on any atom is -0.475 e. The van der Waals surface area contributed by atoms with Crippen molar-refractivity contribution >= 4 is 0 Å². The molecule has 1 N–H and O–H groups in total. The van der Waals surface area contributed by atoms with Crippen LogP contribution in [0.2, 0.25) is 0 Å². The Labute approximate surface area is 128 Å². The molecule has 0 aromatic carbocycles. The molecular weight excluding hydrogens is 264 g/mol. The first kappa shape index (κ1) is 16.2. The van der Waals surface area contributed by atoms with Crippen LogP contribution in [0, 0.1) is 5.92 Å². The van der Waals surface area contributed by atoms with Gasteiger partial charge < -0.3 is 15.0 Å². The van der Waals surface area contributed by atoms with Gasteiger partial charge in [0.25, 0.3) is 0 Å². The maximum Gasteiger partial charge on any atom is 0.232 e. The van der Waals surface area contributed by atoms with Gasteiger partial charge in [-0.15, -0.1) is 0 Å². The molecule has 1 fully saturated rings. The number of likely N-dealkylation sites (N-methyl/N-ethyl adjacent to an activating group) is 1. The Morgan fingerprint density at radius 2 is 2.19 bits per heavy atom. The van der Waals surface area contributed by atoms with Crippen LogP contribution >= 0.6 is 0 Å². The Balaban J connectivity index is 1.74. The van der Waals surface area contributed by atoms with E-state index in [-0.39, 0.29) is 0 Å². The third kappa shape index (κ3) is 5.59. The summed E-state index contributed by atoms with van der Waals surface area (Å²) in [7, 11) is 2.17. The molecule has 2 rings (SSSR count). The first-order valence-corrected chi connectivity index (χ1v) is 8.00. The molecule has 1 atom stereocenters. The van der Waals surface area contributed by atoms with Crippen LogP contribution in [-0.4, -0.2) is 47.7 Å². The number of likely N-dealkylation sites (tertiary alicyclic amines) is 1. The van der Waals surface area contributed by atoms with Gasteiger partial charge in [-0.2, -0.15) is 0 Å². The maximum atomic E-state index is 5.78. The second-order valence-corrected chi connectivity index (χ2v) is 6.31. The summed E-state index contributed by atoms with van der Waals surface area (Å²) < 4.78 is 5.78. The third-order valence-corrected chi connectivity index (χ3v) is 3.89. The Kier molecular flexibility index (Phi) is 6.39. The molecule has 5 nitrogen and oxygen atoms in total. The molecule has 0 amide bonds. The third-order valence-electron chi connectivity index (χ3n) is 3.89. The predicted molar refractivity (Wildman–Crippen MR) is 84.3 cm³/mol. The lowest BCUT2D eigenvalue weighted by molar-refractivity contribution is 0.122. The first-order chi connectivity index (χ1) is 10.1. The predicted octanol–water partition coefficient (Wildman–Crippen LogP) is 2.09. The largest absolute Gasteiger partial charge is 0.475 e. The number of rotatable bonds is 7. The highest BCUT2D eigenvalue weighted by Gasteiger charge is 2.19. The van der Waals surface area contributed by atoms with Gasteiger partial charge in [-0.1, -0.05) is 20.3 Å². The molecule has 1 aromatic heterocycles. The molecule has 0 radical (unpaired) electrons. The molecule has 0 saturated carbocycles. The number of aromatic nitrogens is 2. The van der Waals surface area contributed by atoms with E-state index in [4.69, 9.17) is 4.74 Å². The summed E-state index contributed by atoms with van der Waals surface area (Å²) in [4.78, 5) is 11.1. The summed E-state index contributed by atoms with van der Waals surface area (Å²) >= 11 is 0. The average Bonchev–Trinajstić information content (AvgIpc) is 2.47. The van der Waals surface area contributed by atoms with Gasteiger partial charge in [0.2, 0.25) is 5.88 Å². The van der Waals surface area contributed by atoms with Crippen LogP contribution in [-0.2, 0) is 6.54 Å². The Morgan fingerprint density at radius 1 is 1.33 bits per heavy atom. The standard InChI is InChI=1S/C16H28N4O/c1-13(2)8-17-9-14-10-19-16(11-18-14)21-12-15-6-4-5-7-20(15)3/h10-11,13,15,17H,4-9,12H2,1-3H3. The van der Waals surface area contributed by atoms with E-state index in [9.17, 15) is 0 Å². The van der Waals surface area contributed by atoms with E-state index in [1.54, 1.807) is 12.4 Å². The lowest BCUT2D eigenvalue weighted by Crippen LogP contribution is -2.40. The van der Waals surface area contributed by atoms with E-state index in [2.05, 4.69) is 41.1 Å². The van der Waals surface area contributed by atoms with Crippen molar-refractivity contribution in [3.05, 3.63) is 18.1 Å². The van der Waals surface area contributed by atoms with Gasteiger partial charge in [-0.3, -0.25) is 4.98 Å². The lowest BCUT2D eigenvalue weighted by atomic mass is 10.0. The van der Waals surface area contributed by atoms with Crippen molar-refractivity contribution in [2.45, 2.75) is 45.7 Å². The summed E-state index contributed by atoms with van der Waals surface area (Å²) in [6.07, 6.45) is 7.33. The SMILES string of the molecule is CC(C)CNCc1cnc(OCC2CCCCN2C)cn1. The van der Waals surface area contributed by atoms with Gasteiger partial charge in [0.05, 0.1) is 18.1 Å². The maximum absolute atomic E-state index is 5.78. The second kappa shape index (κ2) is 8.29. The van der Waals surface area contributed by atoms with Crippen LogP contribution in [0.25, 0.3) is 0 Å². The molecule has 0 aliphatic carbocycles. The highest BCUT2D eigenvalue weighted by atomic mass is 16.5. The van der Waals surface area contributed by atoms with Crippen LogP contribution in [0.4, 0.5) is 0 Å². The quantitative estimate of drug-likeness (QED) is 0.834. The number of hydrogen-bond acceptors (Lipinski definition) is 5. The van der Waals surface area contributed by atoms with Crippen LogP contribution in [0.3, 0.4) is 0 Å². The number of piperidine rings is 1. The molecule has 0 spiro atoms. The number of hydrogen-bond donors (Lipinski definition) is 1. The number of nitrogens with zero attached hydrogens (tertiary/aromatic N) is 3. The summed E-state index contributed by atoms with van der Waals surface area (Å²) in [5, 5.41) is 3.36. The fourth-order valence-corrected chi connectivity index (χ4v) is 2.53. The van der Waals surface area contributed by atoms with Gasteiger partial charge in [0.1, 0.15) is 6.61 Å². The van der Waals surface area contributed by atoms with Crippen LogP contribution < -0.4 is 10.1 Å². The fourth-order valence-electron chi connectivity index (χ4n) is 2.53. The van der Waals surface area contributed by atoms with Crippen LogP contribution in [0.5, 0.6) is 5.88 Å². The van der Waals surface area contributed by atoms with Crippen molar-refractivity contribution in [2.75, 3.05) is 26.7 Å². The molecule has 5 heteroatoms. The van der Waals surface area contributed by atoms with Crippen molar-refractivity contribution in [1.29, 1.82) is 0 Å². The summed E-state index contributed by atoms with van der Waals surface area (Å²) in [6, 6.07) is 0.507. The molecule has 1 saturated heterocycles. The second-order valence-electron chi connectivity index (χ2n) is 6.31. The molecule has 21 heavy (non-hydrogen) atoms. The molecular formula is C16H28N4O. The zero-order valence-corrected chi connectivity index (χ0v) is 13.5. The van der Waals surface area contributed by atoms with Crippen molar-refractivity contribution < 1.29 is 4.74 Å². The topological polar surface area (TPSA) is 50.3 Å². The highest BCUT2D eigenvalue weighted by molar-refractivity contribution is 5.07. The van der Waals surface area contributed by atoms with Crippen molar-refractivity contribution in [3.8, 4) is 5.88 Å². The fraction of sp³-hybridized carbons (Fsp3) is 0.750. The van der Waals surface area contributed by atoms with Crippen molar-refractivity contribution in [3.63, 3.8) is 0 Å². The Morgan fingerprint density at radius 3 is 2.86 bits per heavy atom. The van der Waals surface area contributed by atoms with E-state index in [1.165, 1.54) is 25.8 Å². The summed E-state index contributed by atoms with van der Waals surface area (Å²) in [6.45, 7) is 8.01. The number of nitrogens with one attached hydrogen (secondary N) is 1. The molecule has 1 aliphatic heterocycles. The zero-order chi connectivity index (χ0) is 15.1. The van der Waals surface area contributed by atoms with Gasteiger partial charge in [0, 0.05) is 12.6 Å². The lowest BCUT2D eigenvalue weighted by Gasteiger charge is -2.31. The highest BCUT2D eigenvalue weighted by Crippen LogP contribution is 2.16. The monoisotopic (exact) mass is 292 g/mol. The van der Waals surface area contributed by atoms with E-state index < -0.39 is 0 Å².